The molecule has 0 radical (unpaired) electrons. The summed E-state index contributed by atoms with van der Waals surface area (Å²) in [5, 5.41) is 9.20. The molecule has 1 N–H and O–H groups in total. The van der Waals surface area contributed by atoms with Crippen molar-refractivity contribution >= 4 is 17.9 Å². The molecule has 4 saturated carbocycles. The second-order valence-corrected chi connectivity index (χ2v) is 12.5. The van der Waals surface area contributed by atoms with Crippen LogP contribution in [0.1, 0.15) is 98.8 Å². The summed E-state index contributed by atoms with van der Waals surface area (Å²) in [6.45, 7) is 10.2. The molecule has 0 bridgehead atoms. The van der Waals surface area contributed by atoms with Crippen molar-refractivity contribution in [3.05, 3.63) is 0 Å². The first kappa shape index (κ1) is 25.5. The summed E-state index contributed by atoms with van der Waals surface area (Å²) in [6.07, 6.45) is 9.20. The van der Waals surface area contributed by atoms with Gasteiger partial charge in [0.15, 0.2) is 0 Å². The largest absolute Gasteiger partial charge is 0.481 e. The van der Waals surface area contributed by atoms with E-state index in [-0.39, 0.29) is 41.4 Å². The fraction of sp³-hybridized carbons (Fsp3) is 0.893. The molecule has 0 aliphatic heterocycles. The summed E-state index contributed by atoms with van der Waals surface area (Å²) in [6, 6.07) is 0. The molecule has 6 heteroatoms. The highest BCUT2D eigenvalue weighted by Crippen LogP contribution is 2.68. The van der Waals surface area contributed by atoms with Crippen LogP contribution in [-0.2, 0) is 23.9 Å². The Balaban J connectivity index is 1.59. The first-order valence-electron chi connectivity index (χ1n) is 13.5. The van der Waals surface area contributed by atoms with Crippen molar-refractivity contribution in [1.82, 2.24) is 0 Å². The Kier molecular flexibility index (Phi) is 7.10. The lowest BCUT2D eigenvalue weighted by Gasteiger charge is -2.62. The molecule has 0 aromatic carbocycles. The monoisotopic (exact) mass is 476 g/mol. The van der Waals surface area contributed by atoms with Crippen molar-refractivity contribution in [3.8, 4) is 0 Å². The summed E-state index contributed by atoms with van der Waals surface area (Å²) >= 11 is 0. The Labute approximate surface area is 204 Å². The van der Waals surface area contributed by atoms with E-state index >= 15 is 0 Å². The molecule has 4 aliphatic rings. The second kappa shape index (κ2) is 9.46. The normalized spacial score (nSPS) is 44.2. The Hall–Kier alpha value is -1.59. The van der Waals surface area contributed by atoms with Crippen LogP contribution in [0.15, 0.2) is 0 Å². The van der Waals surface area contributed by atoms with E-state index < -0.39 is 5.97 Å². The Morgan fingerprint density at radius 1 is 0.912 bits per heavy atom. The van der Waals surface area contributed by atoms with Crippen LogP contribution in [0.3, 0.4) is 0 Å². The third-order valence-electron chi connectivity index (χ3n) is 10.8. The lowest BCUT2D eigenvalue weighted by Crippen LogP contribution is -2.59. The van der Waals surface area contributed by atoms with Crippen molar-refractivity contribution in [3.63, 3.8) is 0 Å². The molecule has 0 unspecified atom stereocenters. The lowest BCUT2D eigenvalue weighted by molar-refractivity contribution is -0.197. The van der Waals surface area contributed by atoms with Gasteiger partial charge >= 0.3 is 17.9 Å². The zero-order valence-corrected chi connectivity index (χ0v) is 21.7. The number of carbonyl (C=O) groups excluding carboxylic acids is 2. The van der Waals surface area contributed by atoms with E-state index in [9.17, 15) is 19.5 Å². The minimum Gasteiger partial charge on any atom is -0.481 e. The van der Waals surface area contributed by atoms with E-state index in [2.05, 4.69) is 20.8 Å². The SMILES string of the molecule is CC(=O)O[C@H]1CC[C@@]2(C)[C@H](C1)C[C@H](OC(C)=O)[C@@H]1[C@@H]2CC[C@]2(C)[C@@H]([C@H](C)CCC(=O)O)CC[C@@H]12. The second-order valence-electron chi connectivity index (χ2n) is 12.5. The molecule has 34 heavy (non-hydrogen) atoms. The number of aliphatic carboxylic acids is 1. The van der Waals surface area contributed by atoms with Gasteiger partial charge in [0.05, 0.1) is 0 Å². The van der Waals surface area contributed by atoms with E-state index in [1.54, 1.807) is 0 Å². The zero-order valence-electron chi connectivity index (χ0n) is 21.7. The van der Waals surface area contributed by atoms with Crippen LogP contribution < -0.4 is 0 Å². The molecule has 192 valence electrons. The van der Waals surface area contributed by atoms with Gasteiger partial charge in [-0.2, -0.15) is 0 Å². The lowest BCUT2D eigenvalue weighted by atomic mass is 9.43. The average molecular weight is 477 g/mol. The van der Waals surface area contributed by atoms with Crippen molar-refractivity contribution in [1.29, 1.82) is 0 Å². The number of carboxylic acids is 1. The number of hydrogen-bond donors (Lipinski definition) is 1. The summed E-state index contributed by atoms with van der Waals surface area (Å²) in [4.78, 5) is 35.0. The highest BCUT2D eigenvalue weighted by Gasteiger charge is 2.63. The molecule has 0 heterocycles. The molecule has 4 aliphatic carbocycles. The molecule has 0 aromatic rings. The fourth-order valence-corrected chi connectivity index (χ4v) is 9.36. The zero-order chi connectivity index (χ0) is 24.8. The van der Waals surface area contributed by atoms with Crippen molar-refractivity contribution in [2.24, 2.45) is 46.3 Å². The third kappa shape index (κ3) is 4.51. The molecule has 6 nitrogen and oxygen atoms in total. The summed E-state index contributed by atoms with van der Waals surface area (Å²) in [7, 11) is 0. The van der Waals surface area contributed by atoms with Crippen LogP contribution in [0.4, 0.5) is 0 Å². The first-order chi connectivity index (χ1) is 16.0. The van der Waals surface area contributed by atoms with Crippen LogP contribution in [0.2, 0.25) is 0 Å². The maximum atomic E-state index is 12.2. The third-order valence-corrected chi connectivity index (χ3v) is 10.8. The molecular formula is C28H44O6. The summed E-state index contributed by atoms with van der Waals surface area (Å²) in [5.74, 6) is 1.59. The van der Waals surface area contributed by atoms with Crippen LogP contribution in [0.5, 0.6) is 0 Å². The number of fused-ring (bicyclic) bond motifs is 5. The number of esters is 2. The maximum absolute atomic E-state index is 12.2. The van der Waals surface area contributed by atoms with E-state index in [1.165, 1.54) is 20.3 Å². The number of carbonyl (C=O) groups is 3. The molecule has 4 fully saturated rings. The highest BCUT2D eigenvalue weighted by molar-refractivity contribution is 5.67. The van der Waals surface area contributed by atoms with Crippen LogP contribution in [0.25, 0.3) is 0 Å². The van der Waals surface area contributed by atoms with Gasteiger partial charge in [0, 0.05) is 26.2 Å². The summed E-state index contributed by atoms with van der Waals surface area (Å²) in [5.41, 5.74) is 0.363. The first-order valence-corrected chi connectivity index (χ1v) is 13.5. The minimum absolute atomic E-state index is 0.0232. The molecule has 4 rings (SSSR count). The van der Waals surface area contributed by atoms with E-state index in [0.717, 1.165) is 51.4 Å². The van der Waals surface area contributed by atoms with Gasteiger partial charge in [-0.05, 0) is 98.2 Å². The van der Waals surface area contributed by atoms with Crippen LogP contribution in [-0.4, -0.2) is 35.2 Å². The minimum atomic E-state index is -0.708. The molecule has 0 saturated heterocycles. The maximum Gasteiger partial charge on any atom is 0.303 e. The summed E-state index contributed by atoms with van der Waals surface area (Å²) < 4.78 is 11.7. The quantitative estimate of drug-likeness (QED) is 0.501. The molecule has 0 aromatic heterocycles. The highest BCUT2D eigenvalue weighted by atomic mass is 16.5. The predicted molar refractivity (Wildman–Crippen MR) is 128 cm³/mol. The van der Waals surface area contributed by atoms with Gasteiger partial charge in [0.1, 0.15) is 12.2 Å². The van der Waals surface area contributed by atoms with Gasteiger partial charge in [-0.1, -0.05) is 20.8 Å². The van der Waals surface area contributed by atoms with E-state index in [1.807, 2.05) is 0 Å². The van der Waals surface area contributed by atoms with E-state index in [0.29, 0.717) is 35.5 Å². The van der Waals surface area contributed by atoms with Gasteiger partial charge in [0.2, 0.25) is 0 Å². The van der Waals surface area contributed by atoms with Gasteiger partial charge in [-0.3, -0.25) is 14.4 Å². The van der Waals surface area contributed by atoms with Crippen LogP contribution >= 0.6 is 0 Å². The average Bonchev–Trinajstić information content (AvgIpc) is 3.09. The Morgan fingerprint density at radius 2 is 1.56 bits per heavy atom. The molecule has 10 atom stereocenters. The van der Waals surface area contributed by atoms with Crippen molar-refractivity contribution in [2.75, 3.05) is 0 Å². The van der Waals surface area contributed by atoms with E-state index in [4.69, 9.17) is 9.47 Å². The van der Waals surface area contributed by atoms with Crippen LogP contribution in [0, 0.1) is 46.3 Å². The van der Waals surface area contributed by atoms with Crippen molar-refractivity contribution < 1.29 is 29.0 Å². The van der Waals surface area contributed by atoms with Gasteiger partial charge < -0.3 is 14.6 Å². The standard InChI is InChI=1S/C28H44O6/c1-16(6-9-25(31)32)21-7-8-22-26-23(11-13-28(21,22)5)27(4)12-10-20(33-17(2)29)14-19(27)15-24(26)34-18(3)30/h16,19-24,26H,6-15H2,1-5H3,(H,31,32)/t16-,19-,20+,21-,22+,23+,24+,26+,27+,28-/m1/s1. The number of rotatable bonds is 6. The predicted octanol–water partition coefficient (Wildman–Crippen LogP) is 5.62. The smallest absolute Gasteiger partial charge is 0.303 e. The van der Waals surface area contributed by atoms with Crippen molar-refractivity contribution in [2.45, 2.75) is 111 Å². The van der Waals surface area contributed by atoms with Gasteiger partial charge in [-0.15, -0.1) is 0 Å². The van der Waals surface area contributed by atoms with Gasteiger partial charge in [0.25, 0.3) is 0 Å². The Bertz CT molecular complexity index is 809. The fourth-order valence-electron chi connectivity index (χ4n) is 9.36. The van der Waals surface area contributed by atoms with Gasteiger partial charge in [-0.25, -0.2) is 0 Å². The Morgan fingerprint density at radius 3 is 2.21 bits per heavy atom. The number of hydrogen-bond acceptors (Lipinski definition) is 5. The topological polar surface area (TPSA) is 89.9 Å². The molecule has 0 spiro atoms. The number of ether oxygens (including phenoxy) is 2. The molecular weight excluding hydrogens is 432 g/mol. The molecule has 0 amide bonds. The number of carboxylic acid groups (broad SMARTS) is 1.